The summed E-state index contributed by atoms with van der Waals surface area (Å²) in [4.78, 5) is 16.5. The number of primary amides is 1. The van der Waals surface area contributed by atoms with Crippen molar-refractivity contribution in [2.24, 2.45) is 5.73 Å². The van der Waals surface area contributed by atoms with Gasteiger partial charge in [0.1, 0.15) is 19.0 Å². The van der Waals surface area contributed by atoms with Crippen molar-refractivity contribution in [2.45, 2.75) is 26.5 Å². The largest absolute Gasteiger partial charge is 0.490 e. The van der Waals surface area contributed by atoms with Gasteiger partial charge in [0, 0.05) is 21.3 Å². The summed E-state index contributed by atoms with van der Waals surface area (Å²) in [5.74, 6) is 0.946. The van der Waals surface area contributed by atoms with Crippen molar-refractivity contribution >= 4 is 51.0 Å². The molecular weight excluding hydrogens is 533 g/mol. The van der Waals surface area contributed by atoms with Crippen LogP contribution in [0.25, 0.3) is 0 Å². The Morgan fingerprint density at radius 2 is 2.06 bits per heavy atom. The molecule has 2 heterocycles. The molecule has 1 amide bonds. The Kier molecular flexibility index (Phi) is 6.83. The number of carbonyl (C=O) groups is 1. The van der Waals surface area contributed by atoms with Gasteiger partial charge in [0.25, 0.3) is 0 Å². The number of nitrogens with two attached hydrogens (primary N) is 1. The van der Waals surface area contributed by atoms with Crippen molar-refractivity contribution in [3.05, 3.63) is 73.6 Å². The molecule has 11 heteroatoms. The lowest BCUT2D eigenvalue weighted by atomic mass is 9.95. The van der Waals surface area contributed by atoms with Gasteiger partial charge in [-0.3, -0.25) is 4.79 Å². The number of ether oxygens (including phenoxy) is 2. The fourth-order valence-corrected chi connectivity index (χ4v) is 4.69. The molecule has 1 aliphatic rings. The number of fused-ring (bicyclic) bond motifs is 1. The van der Waals surface area contributed by atoms with Crippen LogP contribution in [0.4, 0.5) is 5.95 Å². The fourth-order valence-electron chi connectivity index (χ4n) is 3.66. The highest BCUT2D eigenvalue weighted by Crippen LogP contribution is 2.43. The number of nitrogens with one attached hydrogen (secondary N) is 1. The summed E-state index contributed by atoms with van der Waals surface area (Å²) in [5, 5.41) is 8.41. The predicted molar refractivity (Wildman–Crippen MR) is 130 cm³/mol. The zero-order valence-electron chi connectivity index (χ0n) is 17.7. The van der Waals surface area contributed by atoms with Gasteiger partial charge in [0.2, 0.25) is 11.9 Å². The fraction of sp³-hybridized carbons (Fsp3) is 0.227. The van der Waals surface area contributed by atoms with E-state index in [1.54, 1.807) is 29.8 Å². The Morgan fingerprint density at radius 1 is 1.27 bits per heavy atom. The summed E-state index contributed by atoms with van der Waals surface area (Å²) in [6.07, 6.45) is 1.42. The van der Waals surface area contributed by atoms with E-state index in [1.165, 1.54) is 6.33 Å². The number of nitrogens with zero attached hydrogens (tertiary/aromatic N) is 3. The predicted octanol–water partition coefficient (Wildman–Crippen LogP) is 5.10. The summed E-state index contributed by atoms with van der Waals surface area (Å²) < 4.78 is 14.2. The van der Waals surface area contributed by atoms with Gasteiger partial charge in [-0.05, 0) is 59.6 Å². The van der Waals surface area contributed by atoms with E-state index in [-0.39, 0.29) is 6.61 Å². The van der Waals surface area contributed by atoms with Crippen LogP contribution in [0.3, 0.4) is 0 Å². The van der Waals surface area contributed by atoms with E-state index in [9.17, 15) is 4.79 Å². The molecule has 2 aromatic carbocycles. The quantitative estimate of drug-likeness (QED) is 0.422. The number of carbonyl (C=O) groups excluding carboxylic acids is 1. The van der Waals surface area contributed by atoms with Gasteiger partial charge in [-0.1, -0.05) is 29.3 Å². The van der Waals surface area contributed by atoms with Crippen LogP contribution in [0.15, 0.2) is 52.4 Å². The standard InChI is InChI=1S/C22H20BrCl2N5O3/c1-3-32-17-7-13(19-18(21(26)31)11(2)29-22-27-10-28-30(19)22)6-15(23)20(17)33-9-12-4-5-14(24)8-16(12)25/h4-8,10,19H,3,9H2,1-2H3,(H2,26,31)(H,27,28,29). The van der Waals surface area contributed by atoms with Gasteiger partial charge in [-0.25, -0.2) is 4.68 Å². The molecule has 0 radical (unpaired) electrons. The van der Waals surface area contributed by atoms with Crippen LogP contribution in [-0.4, -0.2) is 27.3 Å². The highest BCUT2D eigenvalue weighted by atomic mass is 79.9. The molecule has 3 aromatic rings. The van der Waals surface area contributed by atoms with Crippen LogP contribution in [0.5, 0.6) is 11.5 Å². The summed E-state index contributed by atoms with van der Waals surface area (Å²) in [7, 11) is 0. The normalized spacial score (nSPS) is 15.1. The number of anilines is 1. The van der Waals surface area contributed by atoms with Crippen LogP contribution in [0.1, 0.15) is 31.0 Å². The summed E-state index contributed by atoms with van der Waals surface area (Å²) in [6.45, 7) is 4.27. The second kappa shape index (κ2) is 9.62. The highest BCUT2D eigenvalue weighted by Gasteiger charge is 2.33. The lowest BCUT2D eigenvalue weighted by Gasteiger charge is -2.28. The van der Waals surface area contributed by atoms with Crippen molar-refractivity contribution in [1.29, 1.82) is 0 Å². The number of halogens is 3. The minimum absolute atomic E-state index is 0.208. The maximum Gasteiger partial charge on any atom is 0.248 e. The van der Waals surface area contributed by atoms with Crippen molar-refractivity contribution in [1.82, 2.24) is 14.8 Å². The van der Waals surface area contributed by atoms with Crippen LogP contribution in [0, 0.1) is 0 Å². The molecule has 172 valence electrons. The molecule has 33 heavy (non-hydrogen) atoms. The van der Waals surface area contributed by atoms with Gasteiger partial charge in [0.15, 0.2) is 11.5 Å². The number of benzene rings is 2. The van der Waals surface area contributed by atoms with Crippen LogP contribution >= 0.6 is 39.1 Å². The van der Waals surface area contributed by atoms with E-state index in [0.717, 1.165) is 11.1 Å². The molecule has 1 aliphatic heterocycles. The SMILES string of the molecule is CCOc1cc(C2C(C(N)=O)=C(C)Nc3ncnn32)cc(Br)c1OCc1ccc(Cl)cc1Cl. The molecule has 3 N–H and O–H groups in total. The van der Waals surface area contributed by atoms with Gasteiger partial charge in [0.05, 0.1) is 16.7 Å². The minimum atomic E-state index is -0.587. The lowest BCUT2D eigenvalue weighted by Crippen LogP contribution is -2.31. The molecule has 1 aromatic heterocycles. The maximum atomic E-state index is 12.3. The number of hydrogen-bond acceptors (Lipinski definition) is 6. The molecule has 0 saturated carbocycles. The molecule has 0 fully saturated rings. The average molecular weight is 553 g/mol. The van der Waals surface area contributed by atoms with Crippen molar-refractivity contribution in [3.8, 4) is 11.5 Å². The molecule has 4 rings (SSSR count). The van der Waals surface area contributed by atoms with Gasteiger partial charge in [-0.15, -0.1) is 0 Å². The van der Waals surface area contributed by atoms with E-state index >= 15 is 0 Å². The Bertz CT molecular complexity index is 1260. The van der Waals surface area contributed by atoms with E-state index in [0.29, 0.717) is 49.8 Å². The summed E-state index contributed by atoms with van der Waals surface area (Å²) in [6, 6.07) is 8.29. The number of allylic oxidation sites excluding steroid dienone is 1. The van der Waals surface area contributed by atoms with Crippen molar-refractivity contribution in [3.63, 3.8) is 0 Å². The summed E-state index contributed by atoms with van der Waals surface area (Å²) in [5.41, 5.74) is 8.22. The van der Waals surface area contributed by atoms with Crippen molar-refractivity contribution in [2.75, 3.05) is 11.9 Å². The molecule has 0 saturated heterocycles. The van der Waals surface area contributed by atoms with E-state index in [1.807, 2.05) is 19.1 Å². The second-order valence-corrected chi connectivity index (χ2v) is 8.94. The van der Waals surface area contributed by atoms with Gasteiger partial charge in [-0.2, -0.15) is 10.1 Å². The zero-order chi connectivity index (χ0) is 23.7. The molecule has 0 aliphatic carbocycles. The van der Waals surface area contributed by atoms with E-state index in [4.69, 9.17) is 38.4 Å². The smallest absolute Gasteiger partial charge is 0.248 e. The first kappa shape index (κ1) is 23.4. The van der Waals surface area contributed by atoms with Gasteiger partial charge >= 0.3 is 0 Å². The summed E-state index contributed by atoms with van der Waals surface area (Å²) >= 11 is 15.9. The first-order valence-corrected chi connectivity index (χ1v) is 11.5. The molecule has 1 unspecified atom stereocenters. The number of hydrogen-bond donors (Lipinski definition) is 2. The number of amides is 1. The van der Waals surface area contributed by atoms with Crippen LogP contribution < -0.4 is 20.5 Å². The minimum Gasteiger partial charge on any atom is -0.490 e. The molecule has 1 atom stereocenters. The van der Waals surface area contributed by atoms with E-state index < -0.39 is 11.9 Å². The molecule has 0 spiro atoms. The van der Waals surface area contributed by atoms with Crippen LogP contribution in [0.2, 0.25) is 10.0 Å². The van der Waals surface area contributed by atoms with Gasteiger partial charge < -0.3 is 20.5 Å². The lowest BCUT2D eigenvalue weighted by molar-refractivity contribution is -0.115. The number of aromatic nitrogens is 3. The molecular formula is C22H20BrCl2N5O3. The molecule has 0 bridgehead atoms. The first-order valence-electron chi connectivity index (χ1n) is 10.00. The Balaban J connectivity index is 1.75. The van der Waals surface area contributed by atoms with E-state index in [2.05, 4.69) is 31.3 Å². The topological polar surface area (TPSA) is 104 Å². The first-order chi connectivity index (χ1) is 15.8. The Hall–Kier alpha value is -2.75. The van der Waals surface area contributed by atoms with Crippen molar-refractivity contribution < 1.29 is 14.3 Å². The monoisotopic (exact) mass is 551 g/mol. The average Bonchev–Trinajstić information content (AvgIpc) is 3.21. The second-order valence-electron chi connectivity index (χ2n) is 7.25. The third-order valence-corrected chi connectivity index (χ3v) is 6.27. The zero-order valence-corrected chi connectivity index (χ0v) is 20.8. The number of rotatable bonds is 7. The molecule has 8 nitrogen and oxygen atoms in total. The highest BCUT2D eigenvalue weighted by molar-refractivity contribution is 9.10. The maximum absolute atomic E-state index is 12.3. The Morgan fingerprint density at radius 3 is 2.76 bits per heavy atom. The third kappa shape index (κ3) is 4.66. The Labute approximate surface area is 208 Å². The van der Waals surface area contributed by atoms with Crippen LogP contribution in [-0.2, 0) is 11.4 Å². The third-order valence-electron chi connectivity index (χ3n) is 5.09.